The molecule has 0 bridgehead atoms. The van der Waals surface area contributed by atoms with Gasteiger partial charge in [0.05, 0.1) is 10.7 Å². The average Bonchev–Trinajstić information content (AvgIpc) is 2.69. The summed E-state index contributed by atoms with van der Waals surface area (Å²) in [6, 6.07) is 4.65. The minimum Gasteiger partial charge on any atom is -0.302 e. The third-order valence-electron chi connectivity index (χ3n) is 3.06. The molecule has 2 aromatic heterocycles. The molecule has 18 heavy (non-hydrogen) atoms. The van der Waals surface area contributed by atoms with E-state index in [1.807, 2.05) is 24.5 Å². The van der Waals surface area contributed by atoms with Crippen LogP contribution in [-0.4, -0.2) is 9.97 Å². The summed E-state index contributed by atoms with van der Waals surface area (Å²) in [4.78, 5) is 9.95. The molecule has 2 rings (SSSR count). The van der Waals surface area contributed by atoms with E-state index in [-0.39, 0.29) is 6.04 Å². The van der Waals surface area contributed by atoms with Crippen molar-refractivity contribution in [2.45, 2.75) is 39.8 Å². The molecular weight excluding hydrogens is 242 g/mol. The summed E-state index contributed by atoms with van der Waals surface area (Å²) in [5.74, 6) is 0. The van der Waals surface area contributed by atoms with Gasteiger partial charge in [-0.1, -0.05) is 0 Å². The van der Waals surface area contributed by atoms with Gasteiger partial charge >= 0.3 is 0 Å². The van der Waals surface area contributed by atoms with Gasteiger partial charge in [0.2, 0.25) is 0 Å². The predicted octanol–water partition coefficient (Wildman–Crippen LogP) is 3.57. The summed E-state index contributed by atoms with van der Waals surface area (Å²) in [5, 5.41) is 4.72. The van der Waals surface area contributed by atoms with Crippen LogP contribution in [0.3, 0.4) is 0 Å². The van der Waals surface area contributed by atoms with Gasteiger partial charge in [-0.15, -0.1) is 11.3 Å². The van der Waals surface area contributed by atoms with Gasteiger partial charge in [-0.2, -0.15) is 0 Å². The van der Waals surface area contributed by atoms with Crippen LogP contribution in [0.2, 0.25) is 0 Å². The molecule has 0 aliphatic carbocycles. The maximum absolute atomic E-state index is 4.60. The van der Waals surface area contributed by atoms with E-state index in [2.05, 4.69) is 43.0 Å². The fraction of sp³-hybridized carbons (Fsp3) is 0.429. The van der Waals surface area contributed by atoms with Crippen LogP contribution in [0.15, 0.2) is 24.5 Å². The minimum absolute atomic E-state index is 0.262. The van der Waals surface area contributed by atoms with Gasteiger partial charge < -0.3 is 5.32 Å². The van der Waals surface area contributed by atoms with E-state index in [4.69, 9.17) is 0 Å². The van der Waals surface area contributed by atoms with Crippen molar-refractivity contribution in [3.8, 4) is 0 Å². The molecule has 0 radical (unpaired) electrons. The lowest BCUT2D eigenvalue weighted by Gasteiger charge is -2.19. The monoisotopic (exact) mass is 261 g/mol. The molecule has 2 aromatic rings. The van der Waals surface area contributed by atoms with Crippen molar-refractivity contribution in [1.82, 2.24) is 15.3 Å². The predicted molar refractivity (Wildman–Crippen MR) is 75.8 cm³/mol. The van der Waals surface area contributed by atoms with Crippen molar-refractivity contribution in [2.24, 2.45) is 0 Å². The first-order valence-corrected chi connectivity index (χ1v) is 6.99. The Balaban J connectivity index is 2.08. The van der Waals surface area contributed by atoms with Gasteiger partial charge in [-0.05, 0) is 45.4 Å². The zero-order chi connectivity index (χ0) is 13.1. The van der Waals surface area contributed by atoms with Crippen molar-refractivity contribution in [1.29, 1.82) is 0 Å². The Kier molecular flexibility index (Phi) is 4.09. The maximum atomic E-state index is 4.60. The largest absolute Gasteiger partial charge is 0.302 e. The van der Waals surface area contributed by atoms with E-state index >= 15 is 0 Å². The average molecular weight is 261 g/mol. The second kappa shape index (κ2) is 5.59. The molecule has 2 atom stereocenters. The Morgan fingerprint density at radius 3 is 2.33 bits per heavy atom. The van der Waals surface area contributed by atoms with Crippen LogP contribution in [0.1, 0.15) is 47.1 Å². The van der Waals surface area contributed by atoms with Gasteiger partial charge in [-0.3, -0.25) is 4.98 Å². The molecule has 4 heteroatoms. The standard InChI is InChI=1S/C14H19N3S/c1-9(13-5-7-15-8-6-13)16-10(2)14-11(3)18-12(4)17-14/h5-10,16H,1-4H3/t9-,10?/m1/s1. The quantitative estimate of drug-likeness (QED) is 0.914. The Morgan fingerprint density at radius 1 is 1.11 bits per heavy atom. The number of hydrogen-bond acceptors (Lipinski definition) is 4. The number of hydrogen-bond donors (Lipinski definition) is 1. The molecular formula is C14H19N3S. The fourth-order valence-corrected chi connectivity index (χ4v) is 3.06. The van der Waals surface area contributed by atoms with Gasteiger partial charge in [0.1, 0.15) is 0 Å². The Labute approximate surface area is 112 Å². The Hall–Kier alpha value is -1.26. The highest BCUT2D eigenvalue weighted by Gasteiger charge is 2.15. The molecule has 0 spiro atoms. The first-order valence-electron chi connectivity index (χ1n) is 6.18. The number of aromatic nitrogens is 2. The Morgan fingerprint density at radius 2 is 1.78 bits per heavy atom. The SMILES string of the molecule is Cc1nc(C(C)N[C@H](C)c2ccncc2)c(C)s1. The van der Waals surface area contributed by atoms with Crippen LogP contribution in [0.5, 0.6) is 0 Å². The number of thiazole rings is 1. The Bertz CT molecular complexity index is 507. The zero-order valence-electron chi connectivity index (χ0n) is 11.3. The third kappa shape index (κ3) is 2.94. The summed E-state index contributed by atoms with van der Waals surface area (Å²) >= 11 is 1.76. The molecule has 96 valence electrons. The number of rotatable bonds is 4. The summed E-state index contributed by atoms with van der Waals surface area (Å²) in [5.41, 5.74) is 2.42. The molecule has 0 aliphatic heterocycles. The zero-order valence-corrected chi connectivity index (χ0v) is 12.1. The van der Waals surface area contributed by atoms with Crippen molar-refractivity contribution in [3.05, 3.63) is 45.7 Å². The van der Waals surface area contributed by atoms with Crippen LogP contribution in [0, 0.1) is 13.8 Å². The maximum Gasteiger partial charge on any atom is 0.0900 e. The number of nitrogens with one attached hydrogen (secondary N) is 1. The molecule has 0 amide bonds. The lowest BCUT2D eigenvalue weighted by Crippen LogP contribution is -2.23. The van der Waals surface area contributed by atoms with Crippen LogP contribution < -0.4 is 5.32 Å². The first kappa shape index (κ1) is 13.2. The van der Waals surface area contributed by atoms with Crippen molar-refractivity contribution in [3.63, 3.8) is 0 Å². The molecule has 1 N–H and O–H groups in total. The minimum atomic E-state index is 0.262. The molecule has 0 aliphatic rings. The van der Waals surface area contributed by atoms with E-state index < -0.39 is 0 Å². The van der Waals surface area contributed by atoms with Crippen molar-refractivity contribution >= 4 is 11.3 Å². The van der Waals surface area contributed by atoms with Crippen molar-refractivity contribution in [2.75, 3.05) is 0 Å². The summed E-state index contributed by atoms with van der Waals surface area (Å²) in [6.45, 7) is 8.52. The second-order valence-corrected chi connectivity index (χ2v) is 5.97. The van der Waals surface area contributed by atoms with Crippen LogP contribution in [0.25, 0.3) is 0 Å². The molecule has 0 saturated heterocycles. The van der Waals surface area contributed by atoms with Crippen LogP contribution >= 0.6 is 11.3 Å². The molecule has 2 heterocycles. The number of pyridine rings is 1. The highest BCUT2D eigenvalue weighted by atomic mass is 32.1. The normalized spacial score (nSPS) is 14.4. The summed E-state index contributed by atoms with van der Waals surface area (Å²) in [7, 11) is 0. The van der Waals surface area contributed by atoms with E-state index in [0.717, 1.165) is 5.01 Å². The van der Waals surface area contributed by atoms with Crippen LogP contribution in [-0.2, 0) is 0 Å². The van der Waals surface area contributed by atoms with Gasteiger partial charge in [0.15, 0.2) is 0 Å². The topological polar surface area (TPSA) is 37.8 Å². The van der Waals surface area contributed by atoms with Gasteiger partial charge in [-0.25, -0.2) is 4.98 Å². The molecule has 3 nitrogen and oxygen atoms in total. The molecule has 1 unspecified atom stereocenters. The van der Waals surface area contributed by atoms with E-state index in [1.54, 1.807) is 11.3 Å². The smallest absolute Gasteiger partial charge is 0.0900 e. The third-order valence-corrected chi connectivity index (χ3v) is 3.96. The molecule has 0 saturated carbocycles. The summed E-state index contributed by atoms with van der Waals surface area (Å²) in [6.07, 6.45) is 3.66. The summed E-state index contributed by atoms with van der Waals surface area (Å²) < 4.78 is 0. The fourth-order valence-electron chi connectivity index (χ4n) is 2.15. The van der Waals surface area contributed by atoms with Gasteiger partial charge in [0, 0.05) is 29.4 Å². The van der Waals surface area contributed by atoms with Crippen LogP contribution in [0.4, 0.5) is 0 Å². The lowest BCUT2D eigenvalue weighted by molar-refractivity contribution is 0.486. The van der Waals surface area contributed by atoms with E-state index in [1.165, 1.54) is 16.1 Å². The molecule has 0 aromatic carbocycles. The highest BCUT2D eigenvalue weighted by Crippen LogP contribution is 2.24. The van der Waals surface area contributed by atoms with Crippen molar-refractivity contribution < 1.29 is 0 Å². The molecule has 0 fully saturated rings. The first-order chi connectivity index (χ1) is 8.58. The highest BCUT2D eigenvalue weighted by molar-refractivity contribution is 7.11. The number of nitrogens with zero attached hydrogens (tertiary/aromatic N) is 2. The van der Waals surface area contributed by atoms with E-state index in [0.29, 0.717) is 6.04 Å². The number of aryl methyl sites for hydroxylation is 2. The lowest BCUT2D eigenvalue weighted by atomic mass is 10.1. The van der Waals surface area contributed by atoms with Gasteiger partial charge in [0.25, 0.3) is 0 Å². The second-order valence-electron chi connectivity index (χ2n) is 4.56. The van der Waals surface area contributed by atoms with E-state index in [9.17, 15) is 0 Å².